The summed E-state index contributed by atoms with van der Waals surface area (Å²) in [4.78, 5) is 0. The lowest BCUT2D eigenvalue weighted by Crippen LogP contribution is -2.47. The lowest BCUT2D eigenvalue weighted by atomic mass is 9.52. The maximum absolute atomic E-state index is 13.0. The summed E-state index contributed by atoms with van der Waals surface area (Å²) in [5.41, 5.74) is 2.99. The highest BCUT2D eigenvalue weighted by Crippen LogP contribution is 2.62. The molecule has 9 heteroatoms. The molecule has 1 aromatic carbocycles. The van der Waals surface area contributed by atoms with E-state index in [1.807, 2.05) is 0 Å². The van der Waals surface area contributed by atoms with Crippen molar-refractivity contribution in [2.75, 3.05) is 11.5 Å². The summed E-state index contributed by atoms with van der Waals surface area (Å²) in [5, 5.41) is 10.9. The zero-order valence-electron chi connectivity index (χ0n) is 26.8. The van der Waals surface area contributed by atoms with Crippen LogP contribution in [0.4, 0.5) is 22.0 Å². The van der Waals surface area contributed by atoms with Crippen LogP contribution >= 0.6 is 0 Å². The minimum absolute atomic E-state index is 0.0371. The molecular formula is C35H53F5O3S. The standard InChI is InChI=1S/C35H53F5O3S/c1-24(2)43-27-13-14-28-26(23-27)22-25(32-29(28)17-19-33(3)30(32)15-16-31(33)41)12-9-7-5-4-6-8-10-20-44(42)21-11-18-34(36,37)35(38,39)40/h13-14,23-25,29-32,41H,4-12,15-22H2,1-3H3/t25-,29?,30+,31+,32?,33+,44?/m1/s1. The van der Waals surface area contributed by atoms with Crippen LogP contribution in [0.3, 0.4) is 0 Å². The second-order valence-corrected chi connectivity index (χ2v) is 16.0. The molecule has 0 bridgehead atoms. The molecule has 7 atom stereocenters. The highest BCUT2D eigenvalue weighted by atomic mass is 32.2. The fraction of sp³-hybridized carbons (Fsp3) is 0.829. The first kappa shape index (κ1) is 35.6. The summed E-state index contributed by atoms with van der Waals surface area (Å²) in [6, 6.07) is 6.74. The quantitative estimate of drug-likeness (QED) is 0.143. The van der Waals surface area contributed by atoms with E-state index in [-0.39, 0.29) is 29.8 Å². The molecule has 0 aliphatic heterocycles. The van der Waals surface area contributed by atoms with Crippen LogP contribution in [0.1, 0.15) is 128 Å². The Labute approximate surface area is 263 Å². The van der Waals surface area contributed by atoms with E-state index in [1.165, 1.54) is 30.4 Å². The molecule has 1 N–H and O–H groups in total. The van der Waals surface area contributed by atoms with Crippen molar-refractivity contribution in [1.29, 1.82) is 0 Å². The Bertz CT molecular complexity index is 1090. The van der Waals surface area contributed by atoms with Crippen molar-refractivity contribution >= 4 is 10.8 Å². The van der Waals surface area contributed by atoms with Crippen LogP contribution in [0.15, 0.2) is 18.2 Å². The molecule has 3 nitrogen and oxygen atoms in total. The number of benzene rings is 1. The summed E-state index contributed by atoms with van der Waals surface area (Å²) >= 11 is 0. The summed E-state index contributed by atoms with van der Waals surface area (Å²) < 4.78 is 80.8. The molecule has 252 valence electrons. The molecule has 0 spiro atoms. The maximum Gasteiger partial charge on any atom is 0.453 e. The predicted molar refractivity (Wildman–Crippen MR) is 167 cm³/mol. The van der Waals surface area contributed by atoms with Gasteiger partial charge in [-0.1, -0.05) is 51.5 Å². The first-order valence-electron chi connectivity index (χ1n) is 17.0. The van der Waals surface area contributed by atoms with Crippen molar-refractivity contribution in [2.45, 2.75) is 147 Å². The number of hydrogen-bond donors (Lipinski definition) is 1. The molecule has 44 heavy (non-hydrogen) atoms. The van der Waals surface area contributed by atoms with Crippen LogP contribution in [0.5, 0.6) is 5.75 Å². The minimum atomic E-state index is -5.54. The van der Waals surface area contributed by atoms with Gasteiger partial charge in [-0.05, 0) is 118 Å². The van der Waals surface area contributed by atoms with E-state index in [1.54, 1.807) is 0 Å². The topological polar surface area (TPSA) is 46.5 Å². The van der Waals surface area contributed by atoms with Crippen LogP contribution in [-0.2, 0) is 17.2 Å². The Morgan fingerprint density at radius 3 is 2.30 bits per heavy atom. The molecule has 0 amide bonds. The van der Waals surface area contributed by atoms with Gasteiger partial charge in [0, 0.05) is 28.7 Å². The molecular weight excluding hydrogens is 595 g/mol. The van der Waals surface area contributed by atoms with Crippen molar-refractivity contribution in [1.82, 2.24) is 0 Å². The molecule has 4 rings (SSSR count). The summed E-state index contributed by atoms with van der Waals surface area (Å²) in [6.45, 7) is 6.45. The van der Waals surface area contributed by atoms with Crippen LogP contribution < -0.4 is 4.74 Å². The molecule has 3 aliphatic rings. The Morgan fingerprint density at radius 2 is 1.61 bits per heavy atom. The minimum Gasteiger partial charge on any atom is -0.491 e. The number of hydrogen-bond acceptors (Lipinski definition) is 3. The zero-order chi connectivity index (χ0) is 32.1. The maximum atomic E-state index is 13.0. The number of fused-ring (bicyclic) bond motifs is 5. The molecule has 3 unspecified atom stereocenters. The van der Waals surface area contributed by atoms with Gasteiger partial charge in [0.25, 0.3) is 0 Å². The third-order valence-corrected chi connectivity index (χ3v) is 12.4. The van der Waals surface area contributed by atoms with Gasteiger partial charge in [-0.3, -0.25) is 4.21 Å². The molecule has 0 aromatic heterocycles. The number of halogens is 5. The largest absolute Gasteiger partial charge is 0.491 e. The number of rotatable bonds is 16. The Kier molecular flexibility index (Phi) is 12.2. The Morgan fingerprint density at radius 1 is 0.955 bits per heavy atom. The number of alkyl halides is 5. The van der Waals surface area contributed by atoms with E-state index in [9.17, 15) is 31.3 Å². The van der Waals surface area contributed by atoms with Crippen molar-refractivity contribution in [3.8, 4) is 5.75 Å². The van der Waals surface area contributed by atoms with Crippen LogP contribution in [0, 0.1) is 23.2 Å². The fourth-order valence-corrected chi connectivity index (χ4v) is 9.82. The van der Waals surface area contributed by atoms with E-state index in [0.717, 1.165) is 63.5 Å². The van der Waals surface area contributed by atoms with Crippen LogP contribution in [0.2, 0.25) is 0 Å². The molecule has 0 radical (unpaired) electrons. The van der Waals surface area contributed by atoms with Gasteiger partial charge in [-0.2, -0.15) is 22.0 Å². The number of ether oxygens (including phenoxy) is 1. The van der Waals surface area contributed by atoms with Gasteiger partial charge in [0.05, 0.1) is 12.2 Å². The predicted octanol–water partition coefficient (Wildman–Crippen LogP) is 9.76. The molecule has 0 saturated heterocycles. The van der Waals surface area contributed by atoms with Gasteiger partial charge in [0.15, 0.2) is 0 Å². The fourth-order valence-electron chi connectivity index (χ4n) is 8.62. The molecule has 1 aromatic rings. The van der Waals surface area contributed by atoms with Gasteiger partial charge < -0.3 is 9.84 Å². The average molecular weight is 649 g/mol. The molecule has 0 heterocycles. The summed E-state index contributed by atoms with van der Waals surface area (Å²) in [5.74, 6) is -1.12. The second kappa shape index (κ2) is 15.1. The van der Waals surface area contributed by atoms with Crippen LogP contribution in [0.25, 0.3) is 0 Å². The van der Waals surface area contributed by atoms with Crippen molar-refractivity contribution < 1.29 is 36.0 Å². The van der Waals surface area contributed by atoms with Crippen molar-refractivity contribution in [2.24, 2.45) is 23.2 Å². The monoisotopic (exact) mass is 648 g/mol. The van der Waals surface area contributed by atoms with E-state index in [2.05, 4.69) is 39.0 Å². The van der Waals surface area contributed by atoms with E-state index >= 15 is 0 Å². The van der Waals surface area contributed by atoms with Gasteiger partial charge in [-0.15, -0.1) is 0 Å². The van der Waals surface area contributed by atoms with Gasteiger partial charge >= 0.3 is 12.1 Å². The SMILES string of the molecule is CC(C)Oc1ccc2c(c1)C[C@@H](CCCCCCCCCS(=O)CCCC(F)(F)C(F)(F)F)C1C2CC[C@]2(C)[C@@H](O)CC[C@@H]12. The summed E-state index contributed by atoms with van der Waals surface area (Å²) in [7, 11) is -1.35. The Hall–Kier alpha value is -1.22. The average Bonchev–Trinajstić information content (AvgIpc) is 3.24. The summed E-state index contributed by atoms with van der Waals surface area (Å²) in [6.07, 6.45) is 6.51. The molecule has 2 fully saturated rings. The third kappa shape index (κ3) is 8.57. The number of aliphatic hydroxyl groups excluding tert-OH is 1. The van der Waals surface area contributed by atoms with Gasteiger partial charge in [-0.25, -0.2) is 0 Å². The van der Waals surface area contributed by atoms with E-state index in [0.29, 0.717) is 35.8 Å². The highest BCUT2D eigenvalue weighted by Gasteiger charge is 2.57. The first-order chi connectivity index (χ1) is 20.7. The normalized spacial score (nSPS) is 29.3. The Balaban J connectivity index is 1.20. The smallest absolute Gasteiger partial charge is 0.453 e. The number of unbranched alkanes of at least 4 members (excludes halogenated alkanes) is 6. The van der Waals surface area contributed by atoms with Crippen LogP contribution in [-0.4, -0.2) is 45.1 Å². The van der Waals surface area contributed by atoms with Gasteiger partial charge in [0.2, 0.25) is 0 Å². The van der Waals surface area contributed by atoms with Gasteiger partial charge in [0.1, 0.15) is 5.75 Å². The molecule has 3 aliphatic carbocycles. The number of aliphatic hydroxyl groups is 1. The van der Waals surface area contributed by atoms with E-state index < -0.39 is 29.3 Å². The van der Waals surface area contributed by atoms with Crippen molar-refractivity contribution in [3.63, 3.8) is 0 Å². The highest BCUT2D eigenvalue weighted by molar-refractivity contribution is 7.84. The van der Waals surface area contributed by atoms with E-state index in [4.69, 9.17) is 4.74 Å². The zero-order valence-corrected chi connectivity index (χ0v) is 27.6. The third-order valence-electron chi connectivity index (χ3n) is 10.9. The van der Waals surface area contributed by atoms with Crippen molar-refractivity contribution in [3.05, 3.63) is 29.3 Å². The molecule has 2 saturated carbocycles. The second-order valence-electron chi connectivity index (χ2n) is 14.3. The lowest BCUT2D eigenvalue weighted by molar-refractivity contribution is -0.284. The first-order valence-corrected chi connectivity index (χ1v) is 18.5. The lowest BCUT2D eigenvalue weighted by Gasteiger charge is -2.53.